The molecule has 1 atom stereocenters. The van der Waals surface area contributed by atoms with Crippen molar-refractivity contribution in [2.45, 2.75) is 33.2 Å². The predicted molar refractivity (Wildman–Crippen MR) is 102 cm³/mol. The van der Waals surface area contributed by atoms with E-state index in [4.69, 9.17) is 4.74 Å². The van der Waals surface area contributed by atoms with Gasteiger partial charge in [-0.2, -0.15) is 0 Å². The van der Waals surface area contributed by atoms with Crippen LogP contribution in [0.2, 0.25) is 0 Å². The molecule has 0 heterocycles. The normalized spacial score (nSPS) is 12.1. The summed E-state index contributed by atoms with van der Waals surface area (Å²) >= 11 is 0. The molecule has 26 heavy (non-hydrogen) atoms. The van der Waals surface area contributed by atoms with Crippen molar-refractivity contribution in [2.75, 3.05) is 25.5 Å². The highest BCUT2D eigenvalue weighted by molar-refractivity contribution is 5.91. The van der Waals surface area contributed by atoms with E-state index >= 15 is 0 Å². The summed E-state index contributed by atoms with van der Waals surface area (Å²) in [6.07, 6.45) is 0. The first-order chi connectivity index (χ1) is 12.4. The van der Waals surface area contributed by atoms with Crippen molar-refractivity contribution < 1.29 is 18.8 Å². The monoisotopic (exact) mass is 359 g/mol. The Hall–Kier alpha value is -2.40. The second-order valence-corrected chi connectivity index (χ2v) is 6.75. The van der Waals surface area contributed by atoms with Crippen LogP contribution in [0.5, 0.6) is 5.75 Å². The summed E-state index contributed by atoms with van der Waals surface area (Å²) in [4.78, 5) is 13.4. The third-order valence-electron chi connectivity index (χ3n) is 4.44. The topological polar surface area (TPSA) is 42.8 Å². The standard InChI is InChI=1S/C21H27FN2O2/c1-5-24(13-16-6-11-20(26-4)19(22)12-16)14-21(25)23-18-9-7-17(8-10-18)15(2)3/h6-12,15H,5,13-14H2,1-4H3,(H,23,25)/p+1. The molecule has 0 fully saturated rings. The van der Waals surface area contributed by atoms with Crippen LogP contribution in [0.25, 0.3) is 0 Å². The lowest BCUT2D eigenvalue weighted by atomic mass is 10.0. The fraction of sp³-hybridized carbons (Fsp3) is 0.381. The van der Waals surface area contributed by atoms with E-state index in [2.05, 4.69) is 19.2 Å². The van der Waals surface area contributed by atoms with Gasteiger partial charge in [-0.05, 0) is 48.7 Å². The van der Waals surface area contributed by atoms with Gasteiger partial charge in [-0.3, -0.25) is 4.79 Å². The first kappa shape index (κ1) is 19.9. The number of carbonyl (C=O) groups excluding carboxylic acids is 1. The van der Waals surface area contributed by atoms with E-state index in [1.54, 1.807) is 6.07 Å². The Morgan fingerprint density at radius 3 is 2.42 bits per heavy atom. The molecule has 0 radical (unpaired) electrons. The number of rotatable bonds is 8. The number of likely N-dealkylation sites (N-methyl/N-ethyl adjacent to an activating group) is 1. The first-order valence-corrected chi connectivity index (χ1v) is 8.98. The maximum atomic E-state index is 13.8. The summed E-state index contributed by atoms with van der Waals surface area (Å²) in [6, 6.07) is 12.8. The van der Waals surface area contributed by atoms with Gasteiger partial charge in [0.15, 0.2) is 18.1 Å². The highest BCUT2D eigenvalue weighted by atomic mass is 19.1. The Balaban J connectivity index is 1.94. The summed E-state index contributed by atoms with van der Waals surface area (Å²) < 4.78 is 18.8. The molecule has 2 aromatic carbocycles. The summed E-state index contributed by atoms with van der Waals surface area (Å²) in [5.41, 5.74) is 2.88. The van der Waals surface area contributed by atoms with Crippen LogP contribution in [0.15, 0.2) is 42.5 Å². The van der Waals surface area contributed by atoms with E-state index < -0.39 is 0 Å². The van der Waals surface area contributed by atoms with Crippen molar-refractivity contribution in [3.05, 3.63) is 59.4 Å². The summed E-state index contributed by atoms with van der Waals surface area (Å²) in [7, 11) is 1.44. The van der Waals surface area contributed by atoms with Crippen LogP contribution in [-0.4, -0.2) is 26.1 Å². The van der Waals surface area contributed by atoms with Crippen LogP contribution in [0, 0.1) is 5.82 Å². The molecule has 0 aliphatic carbocycles. The molecule has 2 aromatic rings. The second kappa shape index (κ2) is 9.34. The van der Waals surface area contributed by atoms with Gasteiger partial charge in [0.2, 0.25) is 0 Å². The number of hydrogen-bond acceptors (Lipinski definition) is 2. The maximum absolute atomic E-state index is 13.8. The zero-order valence-electron chi connectivity index (χ0n) is 15.9. The number of benzene rings is 2. The Morgan fingerprint density at radius 1 is 1.19 bits per heavy atom. The number of anilines is 1. The quantitative estimate of drug-likeness (QED) is 0.761. The van der Waals surface area contributed by atoms with Gasteiger partial charge >= 0.3 is 0 Å². The number of carbonyl (C=O) groups is 1. The third kappa shape index (κ3) is 5.56. The number of ether oxygens (including phenoxy) is 1. The van der Waals surface area contributed by atoms with Gasteiger partial charge < -0.3 is 15.0 Å². The molecule has 0 saturated heterocycles. The molecule has 2 rings (SSSR count). The zero-order valence-corrected chi connectivity index (χ0v) is 15.9. The summed E-state index contributed by atoms with van der Waals surface area (Å²) in [6.45, 7) is 7.97. The Kier molecular flexibility index (Phi) is 7.16. The molecular weight excluding hydrogens is 331 g/mol. The van der Waals surface area contributed by atoms with Gasteiger partial charge in [-0.15, -0.1) is 0 Å². The van der Waals surface area contributed by atoms with E-state index in [9.17, 15) is 9.18 Å². The molecule has 0 aliphatic rings. The SMILES string of the molecule is CC[NH+](CC(=O)Nc1ccc(C(C)C)cc1)Cc1ccc(OC)c(F)c1. The van der Waals surface area contributed by atoms with Gasteiger partial charge in [0.25, 0.3) is 5.91 Å². The first-order valence-electron chi connectivity index (χ1n) is 8.98. The van der Waals surface area contributed by atoms with Crippen molar-refractivity contribution in [1.29, 1.82) is 0 Å². The minimum Gasteiger partial charge on any atom is -0.494 e. The lowest BCUT2D eigenvalue weighted by Gasteiger charge is -2.18. The molecule has 2 N–H and O–H groups in total. The van der Waals surface area contributed by atoms with Crippen LogP contribution in [0.1, 0.15) is 37.8 Å². The van der Waals surface area contributed by atoms with E-state index in [1.165, 1.54) is 18.7 Å². The molecule has 5 heteroatoms. The minimum absolute atomic E-state index is 0.0480. The lowest BCUT2D eigenvalue weighted by Crippen LogP contribution is -3.11. The van der Waals surface area contributed by atoms with Crippen LogP contribution in [0.4, 0.5) is 10.1 Å². The van der Waals surface area contributed by atoms with Gasteiger partial charge in [0, 0.05) is 11.3 Å². The smallest absolute Gasteiger partial charge is 0.279 e. The molecule has 4 nitrogen and oxygen atoms in total. The average molecular weight is 359 g/mol. The van der Waals surface area contributed by atoms with Crippen LogP contribution in [0.3, 0.4) is 0 Å². The highest BCUT2D eigenvalue weighted by Gasteiger charge is 2.15. The number of nitrogens with one attached hydrogen (secondary N) is 2. The summed E-state index contributed by atoms with van der Waals surface area (Å²) in [5.74, 6) is 0.266. The molecule has 0 aliphatic heterocycles. The second-order valence-electron chi connectivity index (χ2n) is 6.75. The Morgan fingerprint density at radius 2 is 1.88 bits per heavy atom. The highest BCUT2D eigenvalue weighted by Crippen LogP contribution is 2.18. The summed E-state index contributed by atoms with van der Waals surface area (Å²) in [5, 5.41) is 2.93. The molecule has 0 bridgehead atoms. The maximum Gasteiger partial charge on any atom is 0.279 e. The molecule has 0 spiro atoms. The molecule has 0 aromatic heterocycles. The van der Waals surface area contributed by atoms with E-state index in [0.29, 0.717) is 19.0 Å². The van der Waals surface area contributed by atoms with Crippen LogP contribution < -0.4 is 15.0 Å². The molecule has 0 saturated carbocycles. The Labute approximate surface area is 155 Å². The van der Waals surface area contributed by atoms with Crippen LogP contribution in [-0.2, 0) is 11.3 Å². The number of halogens is 1. The number of quaternary nitrogens is 1. The Bertz CT molecular complexity index is 729. The number of amides is 1. The fourth-order valence-electron chi connectivity index (χ4n) is 2.80. The van der Waals surface area contributed by atoms with E-state index in [-0.39, 0.29) is 17.5 Å². The fourth-order valence-corrected chi connectivity index (χ4v) is 2.80. The number of methoxy groups -OCH3 is 1. The molecular formula is C21H28FN2O2+. The molecule has 140 valence electrons. The van der Waals surface area contributed by atoms with E-state index in [1.807, 2.05) is 37.3 Å². The largest absolute Gasteiger partial charge is 0.494 e. The zero-order chi connectivity index (χ0) is 19.1. The third-order valence-corrected chi connectivity index (χ3v) is 4.44. The van der Waals surface area contributed by atoms with E-state index in [0.717, 1.165) is 22.7 Å². The molecule has 1 unspecified atom stereocenters. The number of hydrogen-bond donors (Lipinski definition) is 2. The van der Waals surface area contributed by atoms with Crippen molar-refractivity contribution >= 4 is 11.6 Å². The minimum atomic E-state index is -0.379. The van der Waals surface area contributed by atoms with Crippen molar-refractivity contribution in [3.8, 4) is 5.75 Å². The van der Waals surface area contributed by atoms with Crippen molar-refractivity contribution in [3.63, 3.8) is 0 Å². The van der Waals surface area contributed by atoms with Crippen molar-refractivity contribution in [1.82, 2.24) is 0 Å². The van der Waals surface area contributed by atoms with Crippen LogP contribution >= 0.6 is 0 Å². The van der Waals surface area contributed by atoms with Gasteiger partial charge in [-0.1, -0.05) is 26.0 Å². The van der Waals surface area contributed by atoms with Gasteiger partial charge in [0.05, 0.1) is 13.7 Å². The molecule has 1 amide bonds. The predicted octanol–water partition coefficient (Wildman–Crippen LogP) is 3.00. The van der Waals surface area contributed by atoms with Crippen molar-refractivity contribution in [2.24, 2.45) is 0 Å². The van der Waals surface area contributed by atoms with Gasteiger partial charge in [0.1, 0.15) is 6.54 Å². The lowest BCUT2D eigenvalue weighted by molar-refractivity contribution is -0.903. The van der Waals surface area contributed by atoms with Gasteiger partial charge in [-0.25, -0.2) is 4.39 Å². The average Bonchev–Trinajstić information content (AvgIpc) is 2.61.